The Balaban J connectivity index is 0.00000320. The van der Waals surface area contributed by atoms with Gasteiger partial charge in [0, 0.05) is 37.4 Å². The van der Waals surface area contributed by atoms with Crippen LogP contribution < -0.4 is 16.4 Å². The molecule has 1 fully saturated rings. The summed E-state index contributed by atoms with van der Waals surface area (Å²) in [5.74, 6) is 0.367. The fourth-order valence-corrected chi connectivity index (χ4v) is 3.06. The van der Waals surface area contributed by atoms with Crippen LogP contribution in [0.4, 0.5) is 11.4 Å². The van der Waals surface area contributed by atoms with Crippen LogP contribution in [-0.4, -0.2) is 49.6 Å². The van der Waals surface area contributed by atoms with Crippen molar-refractivity contribution in [2.24, 2.45) is 10.7 Å². The van der Waals surface area contributed by atoms with Crippen LogP contribution in [0.5, 0.6) is 0 Å². The molecule has 0 spiro atoms. The van der Waals surface area contributed by atoms with Crippen molar-refractivity contribution in [2.75, 3.05) is 43.5 Å². The average Bonchev–Trinajstić information content (AvgIpc) is 2.73. The fourth-order valence-electron chi connectivity index (χ4n) is 3.06. The molecule has 1 heterocycles. The molecule has 1 amide bonds. The first kappa shape index (κ1) is 24.1. The van der Waals surface area contributed by atoms with Gasteiger partial charge in [0.05, 0.1) is 19.8 Å². The Labute approximate surface area is 195 Å². The highest BCUT2D eigenvalue weighted by atomic mass is 127. The Hall–Kier alpha value is -2.17. The monoisotopic (exact) mass is 523 g/mol. The van der Waals surface area contributed by atoms with Crippen molar-refractivity contribution in [3.8, 4) is 0 Å². The molecule has 0 bridgehead atoms. The molecule has 1 aliphatic heterocycles. The van der Waals surface area contributed by atoms with Gasteiger partial charge in [0.2, 0.25) is 5.91 Å². The first-order valence-corrected chi connectivity index (χ1v) is 9.91. The largest absolute Gasteiger partial charge is 0.379 e. The van der Waals surface area contributed by atoms with Gasteiger partial charge in [-0.15, -0.1) is 24.0 Å². The van der Waals surface area contributed by atoms with Crippen LogP contribution in [-0.2, 0) is 16.1 Å². The average molecular weight is 523 g/mol. The number of anilines is 2. The van der Waals surface area contributed by atoms with Crippen molar-refractivity contribution >= 4 is 47.2 Å². The van der Waals surface area contributed by atoms with Crippen LogP contribution in [0.2, 0.25) is 0 Å². The quantitative estimate of drug-likeness (QED) is 0.295. The minimum Gasteiger partial charge on any atom is -0.379 e. The third-order valence-corrected chi connectivity index (χ3v) is 4.73. The fraction of sp³-hybridized carbons (Fsp3) is 0.364. The summed E-state index contributed by atoms with van der Waals surface area (Å²) in [6, 6.07) is 15.6. The van der Waals surface area contributed by atoms with Crippen LogP contribution in [0.15, 0.2) is 53.5 Å². The first-order valence-electron chi connectivity index (χ1n) is 9.91. The van der Waals surface area contributed by atoms with Gasteiger partial charge in [0.1, 0.15) is 0 Å². The molecule has 3 rings (SSSR count). The van der Waals surface area contributed by atoms with E-state index in [-0.39, 0.29) is 29.9 Å². The van der Waals surface area contributed by atoms with Crippen LogP contribution in [0.25, 0.3) is 0 Å². The smallest absolute Gasteiger partial charge is 0.225 e. The molecule has 1 saturated heterocycles. The zero-order valence-electron chi connectivity index (χ0n) is 17.3. The number of nitrogens with one attached hydrogen (secondary N) is 2. The van der Waals surface area contributed by atoms with Crippen LogP contribution in [0, 0.1) is 6.92 Å². The number of ether oxygens (including phenoxy) is 1. The molecular formula is C22H30IN5O2. The van der Waals surface area contributed by atoms with E-state index in [2.05, 4.69) is 20.5 Å². The molecule has 0 atom stereocenters. The number of rotatable bonds is 7. The van der Waals surface area contributed by atoms with E-state index in [0.717, 1.165) is 49.8 Å². The van der Waals surface area contributed by atoms with Gasteiger partial charge in [0.15, 0.2) is 5.96 Å². The van der Waals surface area contributed by atoms with E-state index in [1.807, 2.05) is 55.5 Å². The summed E-state index contributed by atoms with van der Waals surface area (Å²) >= 11 is 0. The molecule has 1 aliphatic rings. The number of hydrogen-bond acceptors (Lipinski definition) is 4. The van der Waals surface area contributed by atoms with Crippen molar-refractivity contribution in [2.45, 2.75) is 19.9 Å². The van der Waals surface area contributed by atoms with Gasteiger partial charge in [-0.3, -0.25) is 9.69 Å². The minimum absolute atomic E-state index is 0. The summed E-state index contributed by atoms with van der Waals surface area (Å²) in [7, 11) is 0. The molecule has 0 aromatic heterocycles. The lowest BCUT2D eigenvalue weighted by atomic mass is 10.2. The molecule has 7 nitrogen and oxygen atoms in total. The second-order valence-corrected chi connectivity index (χ2v) is 7.15. The van der Waals surface area contributed by atoms with Crippen molar-refractivity contribution in [1.29, 1.82) is 0 Å². The summed E-state index contributed by atoms with van der Waals surface area (Å²) in [4.78, 5) is 18.9. The Kier molecular flexibility index (Phi) is 10.0. The van der Waals surface area contributed by atoms with Gasteiger partial charge in [-0.2, -0.15) is 0 Å². The van der Waals surface area contributed by atoms with E-state index < -0.39 is 0 Å². The highest BCUT2D eigenvalue weighted by Crippen LogP contribution is 2.13. The highest BCUT2D eigenvalue weighted by molar-refractivity contribution is 14.0. The van der Waals surface area contributed by atoms with Crippen molar-refractivity contribution in [3.05, 3.63) is 59.7 Å². The summed E-state index contributed by atoms with van der Waals surface area (Å²) in [5.41, 5.74) is 9.82. The maximum Gasteiger partial charge on any atom is 0.225 e. The van der Waals surface area contributed by atoms with E-state index in [9.17, 15) is 4.79 Å². The van der Waals surface area contributed by atoms with Gasteiger partial charge in [-0.25, -0.2) is 4.99 Å². The van der Waals surface area contributed by atoms with Gasteiger partial charge in [0.25, 0.3) is 0 Å². The van der Waals surface area contributed by atoms with E-state index >= 15 is 0 Å². The van der Waals surface area contributed by atoms with Gasteiger partial charge in [-0.05, 0) is 36.8 Å². The Morgan fingerprint density at radius 2 is 1.83 bits per heavy atom. The third-order valence-electron chi connectivity index (χ3n) is 4.73. The predicted octanol–water partition coefficient (Wildman–Crippen LogP) is 3.20. The molecule has 0 saturated carbocycles. The lowest BCUT2D eigenvalue weighted by Crippen LogP contribution is -2.38. The SMILES string of the molecule is Cc1ccc(NC(N)=NCc2cccc(NC(=O)CCN3CCOCC3)c2)cc1.I. The van der Waals surface area contributed by atoms with Gasteiger partial charge < -0.3 is 21.1 Å². The lowest BCUT2D eigenvalue weighted by Gasteiger charge is -2.26. The number of halogens is 1. The number of nitrogens with two attached hydrogens (primary N) is 1. The number of carbonyl (C=O) groups is 1. The van der Waals surface area contributed by atoms with Gasteiger partial charge in [-0.1, -0.05) is 29.8 Å². The van der Waals surface area contributed by atoms with Crippen molar-refractivity contribution in [1.82, 2.24) is 4.90 Å². The molecule has 8 heteroatoms. The number of benzene rings is 2. The molecule has 4 N–H and O–H groups in total. The second kappa shape index (κ2) is 12.5. The molecule has 0 aliphatic carbocycles. The highest BCUT2D eigenvalue weighted by Gasteiger charge is 2.12. The summed E-state index contributed by atoms with van der Waals surface area (Å²) < 4.78 is 5.33. The normalized spacial score (nSPS) is 14.6. The second-order valence-electron chi connectivity index (χ2n) is 7.15. The molecule has 2 aromatic carbocycles. The van der Waals surface area contributed by atoms with Crippen LogP contribution >= 0.6 is 24.0 Å². The molecular weight excluding hydrogens is 493 g/mol. The maximum atomic E-state index is 12.2. The predicted molar refractivity (Wildman–Crippen MR) is 132 cm³/mol. The first-order chi connectivity index (χ1) is 14.1. The third kappa shape index (κ3) is 8.29. The van der Waals surface area contributed by atoms with E-state index in [1.165, 1.54) is 5.56 Å². The number of aryl methyl sites for hydroxylation is 1. The molecule has 0 radical (unpaired) electrons. The van der Waals surface area contributed by atoms with E-state index in [4.69, 9.17) is 10.5 Å². The molecule has 0 unspecified atom stereocenters. The number of carbonyl (C=O) groups excluding carboxylic acids is 1. The molecule has 30 heavy (non-hydrogen) atoms. The summed E-state index contributed by atoms with van der Waals surface area (Å²) in [6.45, 7) is 6.48. The number of aliphatic imine (C=N–C) groups is 1. The standard InChI is InChI=1S/C22H29N5O2.HI/c1-17-5-7-19(8-6-17)26-22(23)24-16-18-3-2-4-20(15-18)25-21(28)9-10-27-11-13-29-14-12-27;/h2-8,15H,9-14,16H2,1H3,(H,25,28)(H3,23,24,26);1H. The zero-order chi connectivity index (χ0) is 20.5. The Morgan fingerprint density at radius 3 is 2.57 bits per heavy atom. The van der Waals surface area contributed by atoms with E-state index in [1.54, 1.807) is 0 Å². The number of guanidine groups is 1. The maximum absolute atomic E-state index is 12.2. The van der Waals surface area contributed by atoms with Gasteiger partial charge >= 0.3 is 0 Å². The number of amides is 1. The number of hydrogen-bond donors (Lipinski definition) is 3. The molecule has 162 valence electrons. The van der Waals surface area contributed by atoms with Crippen LogP contribution in [0.3, 0.4) is 0 Å². The van der Waals surface area contributed by atoms with Crippen molar-refractivity contribution < 1.29 is 9.53 Å². The summed E-state index contributed by atoms with van der Waals surface area (Å²) in [5, 5.41) is 6.04. The number of morpholine rings is 1. The Bertz CT molecular complexity index is 836. The molecule has 2 aromatic rings. The van der Waals surface area contributed by atoms with E-state index in [0.29, 0.717) is 18.9 Å². The Morgan fingerprint density at radius 1 is 1.10 bits per heavy atom. The zero-order valence-corrected chi connectivity index (χ0v) is 19.6. The minimum atomic E-state index is 0. The van der Waals surface area contributed by atoms with Crippen molar-refractivity contribution in [3.63, 3.8) is 0 Å². The lowest BCUT2D eigenvalue weighted by molar-refractivity contribution is -0.116. The van der Waals surface area contributed by atoms with Crippen LogP contribution in [0.1, 0.15) is 17.5 Å². The topological polar surface area (TPSA) is 92.0 Å². The number of nitrogens with zero attached hydrogens (tertiary/aromatic N) is 2. The summed E-state index contributed by atoms with van der Waals surface area (Å²) in [6.07, 6.45) is 0.468.